The van der Waals surface area contributed by atoms with Crippen LogP contribution in [0.2, 0.25) is 0 Å². The van der Waals surface area contributed by atoms with Crippen LogP contribution in [0.5, 0.6) is 5.75 Å². The van der Waals surface area contributed by atoms with Gasteiger partial charge in [-0.3, -0.25) is 0 Å². The van der Waals surface area contributed by atoms with E-state index < -0.39 is 5.95 Å². The molecule has 100 valence electrons. The van der Waals surface area contributed by atoms with Crippen LogP contribution in [0, 0.1) is 5.95 Å². The molecule has 0 atom stereocenters. The van der Waals surface area contributed by atoms with Gasteiger partial charge in [-0.2, -0.15) is 4.39 Å². The van der Waals surface area contributed by atoms with Gasteiger partial charge in [-0.25, -0.2) is 4.98 Å². The summed E-state index contributed by atoms with van der Waals surface area (Å²) >= 11 is 3.35. The molecule has 0 unspecified atom stereocenters. The third-order valence-electron chi connectivity index (χ3n) is 2.67. The van der Waals surface area contributed by atoms with Crippen LogP contribution in [0.15, 0.2) is 40.9 Å². The van der Waals surface area contributed by atoms with E-state index in [4.69, 9.17) is 4.74 Å². The first kappa shape index (κ1) is 14.0. The van der Waals surface area contributed by atoms with Gasteiger partial charge >= 0.3 is 0 Å². The van der Waals surface area contributed by atoms with Crippen molar-refractivity contribution in [2.75, 3.05) is 7.11 Å². The predicted octanol–water partition coefficient (Wildman–Crippen LogP) is 3.28. The summed E-state index contributed by atoms with van der Waals surface area (Å²) in [6.45, 7) is 1.19. The molecule has 0 spiro atoms. The molecule has 0 saturated heterocycles. The van der Waals surface area contributed by atoms with Gasteiger partial charge in [-0.05, 0) is 45.8 Å². The molecule has 0 aliphatic heterocycles. The molecule has 0 radical (unpaired) electrons. The van der Waals surface area contributed by atoms with Crippen molar-refractivity contribution < 1.29 is 9.13 Å². The Hall–Kier alpha value is -1.46. The van der Waals surface area contributed by atoms with Crippen molar-refractivity contribution in [3.8, 4) is 5.75 Å². The van der Waals surface area contributed by atoms with Gasteiger partial charge in [0.05, 0.1) is 12.8 Å². The largest absolute Gasteiger partial charge is 0.497 e. The van der Waals surface area contributed by atoms with Gasteiger partial charge in [0, 0.05) is 17.6 Å². The predicted molar refractivity (Wildman–Crippen MR) is 75.4 cm³/mol. The molecule has 0 saturated carbocycles. The van der Waals surface area contributed by atoms with E-state index >= 15 is 0 Å². The highest BCUT2D eigenvalue weighted by molar-refractivity contribution is 9.10. The molecule has 1 heterocycles. The van der Waals surface area contributed by atoms with Crippen LogP contribution in [0.4, 0.5) is 4.39 Å². The van der Waals surface area contributed by atoms with Crippen molar-refractivity contribution in [3.63, 3.8) is 0 Å². The molecule has 5 heteroatoms. The molecule has 2 aromatic rings. The average Bonchev–Trinajstić information content (AvgIpc) is 2.43. The van der Waals surface area contributed by atoms with Gasteiger partial charge < -0.3 is 10.1 Å². The van der Waals surface area contributed by atoms with E-state index in [1.54, 1.807) is 13.2 Å². The topological polar surface area (TPSA) is 34.1 Å². The number of pyridine rings is 1. The Balaban J connectivity index is 1.90. The average molecular weight is 325 g/mol. The molecule has 0 amide bonds. The number of hydrogen-bond acceptors (Lipinski definition) is 3. The molecule has 0 fully saturated rings. The van der Waals surface area contributed by atoms with Crippen LogP contribution in [0.3, 0.4) is 0 Å². The Morgan fingerprint density at radius 3 is 2.58 bits per heavy atom. The lowest BCUT2D eigenvalue weighted by atomic mass is 10.2. The van der Waals surface area contributed by atoms with E-state index in [2.05, 4.69) is 26.2 Å². The lowest BCUT2D eigenvalue weighted by Crippen LogP contribution is -2.14. The minimum absolute atomic E-state index is 0.468. The summed E-state index contributed by atoms with van der Waals surface area (Å²) in [5, 5.41) is 3.22. The third-order valence-corrected chi connectivity index (χ3v) is 3.39. The number of nitrogens with zero attached hydrogens (tertiary/aromatic N) is 1. The highest BCUT2D eigenvalue weighted by Gasteiger charge is 2.03. The van der Waals surface area contributed by atoms with Crippen molar-refractivity contribution >= 4 is 15.9 Å². The number of nitrogens with one attached hydrogen (secondary N) is 1. The maximum atomic E-state index is 13.0. The fourth-order valence-corrected chi connectivity index (χ4v) is 2.01. The first-order valence-electron chi connectivity index (χ1n) is 5.83. The van der Waals surface area contributed by atoms with Crippen LogP contribution >= 0.6 is 15.9 Å². The summed E-state index contributed by atoms with van der Waals surface area (Å²) in [6.07, 6.45) is 0. The molecule has 1 aromatic carbocycles. The Kier molecular flexibility index (Phi) is 4.87. The zero-order valence-corrected chi connectivity index (χ0v) is 12.1. The summed E-state index contributed by atoms with van der Waals surface area (Å²) in [6, 6.07) is 10.8. The fraction of sp³-hybridized carbons (Fsp3) is 0.214. The van der Waals surface area contributed by atoms with Gasteiger partial charge in [0.25, 0.3) is 0 Å². The van der Waals surface area contributed by atoms with E-state index in [0.29, 0.717) is 18.8 Å². The molecule has 0 aliphatic rings. The highest BCUT2D eigenvalue weighted by atomic mass is 79.9. The zero-order chi connectivity index (χ0) is 13.7. The maximum Gasteiger partial charge on any atom is 0.213 e. The van der Waals surface area contributed by atoms with Gasteiger partial charge in [0.15, 0.2) is 0 Å². The normalized spacial score (nSPS) is 10.5. The summed E-state index contributed by atoms with van der Waals surface area (Å²) < 4.78 is 18.9. The number of rotatable bonds is 5. The SMILES string of the molecule is COc1ccc(CNCc2nc(F)ccc2Br)cc1. The van der Waals surface area contributed by atoms with E-state index in [1.807, 2.05) is 24.3 Å². The van der Waals surface area contributed by atoms with Crippen LogP contribution in [0.25, 0.3) is 0 Å². The van der Waals surface area contributed by atoms with Crippen molar-refractivity contribution in [2.24, 2.45) is 0 Å². The molecule has 2 rings (SSSR count). The quantitative estimate of drug-likeness (QED) is 0.857. The number of ether oxygens (including phenoxy) is 1. The van der Waals surface area contributed by atoms with Gasteiger partial charge in [0.1, 0.15) is 5.75 Å². The van der Waals surface area contributed by atoms with E-state index in [9.17, 15) is 4.39 Å². The Morgan fingerprint density at radius 2 is 1.89 bits per heavy atom. The van der Waals surface area contributed by atoms with Crippen molar-refractivity contribution in [1.29, 1.82) is 0 Å². The maximum absolute atomic E-state index is 13.0. The van der Waals surface area contributed by atoms with Gasteiger partial charge in [0.2, 0.25) is 5.95 Å². The number of hydrogen-bond donors (Lipinski definition) is 1. The number of halogens is 2. The van der Waals surface area contributed by atoms with Crippen molar-refractivity contribution in [1.82, 2.24) is 10.3 Å². The van der Waals surface area contributed by atoms with Crippen molar-refractivity contribution in [2.45, 2.75) is 13.1 Å². The Labute approximate surface area is 119 Å². The number of benzene rings is 1. The molecular weight excluding hydrogens is 311 g/mol. The second-order valence-electron chi connectivity index (χ2n) is 4.01. The Morgan fingerprint density at radius 1 is 1.16 bits per heavy atom. The van der Waals surface area contributed by atoms with E-state index in [1.165, 1.54) is 6.07 Å². The van der Waals surface area contributed by atoms with E-state index in [-0.39, 0.29) is 0 Å². The first-order valence-corrected chi connectivity index (χ1v) is 6.63. The molecule has 3 nitrogen and oxygen atoms in total. The number of methoxy groups -OCH3 is 1. The molecule has 0 bridgehead atoms. The molecule has 19 heavy (non-hydrogen) atoms. The van der Waals surface area contributed by atoms with Crippen LogP contribution < -0.4 is 10.1 Å². The molecule has 1 N–H and O–H groups in total. The summed E-state index contributed by atoms with van der Waals surface area (Å²) in [7, 11) is 1.64. The fourth-order valence-electron chi connectivity index (χ4n) is 1.65. The molecular formula is C14H14BrFN2O. The first-order chi connectivity index (χ1) is 9.19. The summed E-state index contributed by atoms with van der Waals surface area (Å²) in [4.78, 5) is 3.84. The summed E-state index contributed by atoms with van der Waals surface area (Å²) in [5.41, 5.74) is 1.79. The lowest BCUT2D eigenvalue weighted by molar-refractivity contribution is 0.414. The highest BCUT2D eigenvalue weighted by Crippen LogP contribution is 2.15. The third kappa shape index (κ3) is 4.01. The smallest absolute Gasteiger partial charge is 0.213 e. The minimum atomic E-state index is -0.468. The van der Waals surface area contributed by atoms with Crippen molar-refractivity contribution in [3.05, 3.63) is 58.1 Å². The Bertz CT molecular complexity index is 546. The second-order valence-corrected chi connectivity index (χ2v) is 4.87. The second kappa shape index (κ2) is 6.63. The summed E-state index contributed by atoms with van der Waals surface area (Å²) in [5.74, 6) is 0.364. The van der Waals surface area contributed by atoms with Crippen LogP contribution in [-0.2, 0) is 13.1 Å². The van der Waals surface area contributed by atoms with Gasteiger partial charge in [-0.1, -0.05) is 12.1 Å². The van der Waals surface area contributed by atoms with Crippen LogP contribution in [-0.4, -0.2) is 12.1 Å². The zero-order valence-electron chi connectivity index (χ0n) is 10.5. The van der Waals surface area contributed by atoms with Crippen LogP contribution in [0.1, 0.15) is 11.3 Å². The number of aromatic nitrogens is 1. The standard InChI is InChI=1S/C14H14BrFN2O/c1-19-11-4-2-10(3-5-11)8-17-9-13-12(15)6-7-14(16)18-13/h2-7,17H,8-9H2,1H3. The van der Waals surface area contributed by atoms with E-state index in [0.717, 1.165) is 15.8 Å². The monoisotopic (exact) mass is 324 g/mol. The molecule has 0 aliphatic carbocycles. The molecule has 1 aromatic heterocycles. The lowest BCUT2D eigenvalue weighted by Gasteiger charge is -2.07. The minimum Gasteiger partial charge on any atom is -0.497 e. The van der Waals surface area contributed by atoms with Gasteiger partial charge in [-0.15, -0.1) is 0 Å².